The second kappa shape index (κ2) is 8.27. The molecule has 2 aromatic heterocycles. The molecule has 2 heterocycles. The van der Waals surface area contributed by atoms with Crippen LogP contribution in [0.2, 0.25) is 0 Å². The minimum absolute atomic E-state index is 0.122. The second-order valence-electron chi connectivity index (χ2n) is 4.44. The summed E-state index contributed by atoms with van der Waals surface area (Å²) in [6, 6.07) is 4.87. The number of aryl methyl sites for hydroxylation is 1. The lowest BCUT2D eigenvalue weighted by Gasteiger charge is -2.10. The summed E-state index contributed by atoms with van der Waals surface area (Å²) in [5.41, 5.74) is 5.34. The van der Waals surface area contributed by atoms with Crippen LogP contribution in [0.25, 0.3) is 0 Å². The molecule has 0 saturated heterocycles. The van der Waals surface area contributed by atoms with E-state index in [1.165, 1.54) is 24.5 Å². The predicted molar refractivity (Wildman–Crippen MR) is 98.3 cm³/mol. The number of halogens is 1. The van der Waals surface area contributed by atoms with Crippen LogP contribution in [0.5, 0.6) is 0 Å². The molecule has 0 aromatic carbocycles. The number of anilines is 1. The molecule has 0 aliphatic rings. The van der Waals surface area contributed by atoms with Gasteiger partial charge in [0.05, 0.1) is 12.7 Å². The van der Waals surface area contributed by atoms with Crippen LogP contribution < -0.4 is 16.2 Å². The average molecular weight is 432 g/mol. The van der Waals surface area contributed by atoms with Crippen LogP contribution in [0.3, 0.4) is 0 Å². The molecule has 0 fully saturated rings. The Hall–Kier alpha value is -1.91. The molecule has 24 heavy (non-hydrogen) atoms. The molecule has 0 atom stereocenters. The molecule has 2 rings (SSSR count). The molecule has 0 aliphatic heterocycles. The van der Waals surface area contributed by atoms with Crippen LogP contribution in [0.15, 0.2) is 27.3 Å². The van der Waals surface area contributed by atoms with Gasteiger partial charge in [-0.25, -0.2) is 4.79 Å². The van der Waals surface area contributed by atoms with Crippen LogP contribution in [0, 0.1) is 0 Å². The van der Waals surface area contributed by atoms with Crippen molar-refractivity contribution in [3.63, 3.8) is 0 Å². The molecule has 128 valence electrons. The van der Waals surface area contributed by atoms with E-state index in [9.17, 15) is 9.59 Å². The van der Waals surface area contributed by atoms with Gasteiger partial charge < -0.3 is 14.5 Å². The van der Waals surface area contributed by atoms with E-state index in [0.717, 1.165) is 11.3 Å². The van der Waals surface area contributed by atoms with Crippen molar-refractivity contribution in [1.82, 2.24) is 10.9 Å². The molecule has 0 unspecified atom stereocenters. The van der Waals surface area contributed by atoms with Crippen molar-refractivity contribution in [3.05, 3.63) is 39.1 Å². The first-order valence-electron chi connectivity index (χ1n) is 6.78. The lowest BCUT2D eigenvalue weighted by Crippen LogP contribution is -2.43. The van der Waals surface area contributed by atoms with Crippen molar-refractivity contribution >= 4 is 61.5 Å². The number of rotatable bonds is 4. The molecule has 0 bridgehead atoms. The van der Waals surface area contributed by atoms with E-state index < -0.39 is 11.9 Å². The summed E-state index contributed by atoms with van der Waals surface area (Å²) in [6.07, 6.45) is 0.778. The van der Waals surface area contributed by atoms with E-state index in [4.69, 9.17) is 21.4 Å². The zero-order valence-electron chi connectivity index (χ0n) is 12.8. The highest BCUT2D eigenvalue weighted by atomic mass is 79.9. The molecule has 10 heteroatoms. The number of hydrogen-bond donors (Lipinski definition) is 3. The Morgan fingerprint density at radius 1 is 1.38 bits per heavy atom. The number of nitrogens with one attached hydrogen (secondary N) is 3. The lowest BCUT2D eigenvalue weighted by molar-refractivity contribution is 0.0602. The minimum Gasteiger partial charge on any atom is -0.465 e. The molecule has 1 amide bonds. The second-order valence-corrected chi connectivity index (χ2v) is 6.76. The number of thiophene rings is 1. The van der Waals surface area contributed by atoms with Gasteiger partial charge >= 0.3 is 11.9 Å². The summed E-state index contributed by atoms with van der Waals surface area (Å²) in [6.45, 7) is 1.98. The Labute approximate surface area is 155 Å². The molecule has 0 saturated carbocycles. The van der Waals surface area contributed by atoms with E-state index in [2.05, 4.69) is 32.1 Å². The van der Waals surface area contributed by atoms with E-state index in [-0.39, 0.29) is 10.9 Å². The number of carbonyl (C=O) groups is 2. The van der Waals surface area contributed by atoms with Crippen LogP contribution in [-0.4, -0.2) is 24.1 Å². The smallest absolute Gasteiger partial charge is 0.340 e. The summed E-state index contributed by atoms with van der Waals surface area (Å²) in [7, 11) is 1.31. The Morgan fingerprint density at radius 3 is 2.71 bits per heavy atom. The third kappa shape index (κ3) is 4.56. The van der Waals surface area contributed by atoms with E-state index >= 15 is 0 Å². The van der Waals surface area contributed by atoms with Crippen LogP contribution in [-0.2, 0) is 11.2 Å². The molecular formula is C14H14BrN3O4S2. The summed E-state index contributed by atoms with van der Waals surface area (Å²) < 4.78 is 10.3. The molecule has 0 radical (unpaired) electrons. The number of amides is 1. The normalized spacial score (nSPS) is 10.1. The van der Waals surface area contributed by atoms with Gasteiger partial charge in [0.25, 0.3) is 0 Å². The van der Waals surface area contributed by atoms with E-state index in [0.29, 0.717) is 15.2 Å². The van der Waals surface area contributed by atoms with Crippen molar-refractivity contribution in [2.24, 2.45) is 0 Å². The molecule has 0 aliphatic carbocycles. The molecule has 7 nitrogen and oxygen atoms in total. The number of ether oxygens (including phenoxy) is 1. The third-order valence-electron chi connectivity index (χ3n) is 2.85. The Bertz CT molecular complexity index is 772. The number of carbonyl (C=O) groups excluding carboxylic acids is 2. The van der Waals surface area contributed by atoms with Gasteiger partial charge in [-0.05, 0) is 52.8 Å². The largest absolute Gasteiger partial charge is 0.465 e. The van der Waals surface area contributed by atoms with Gasteiger partial charge in [0.1, 0.15) is 5.00 Å². The van der Waals surface area contributed by atoms with E-state index in [1.807, 2.05) is 6.92 Å². The van der Waals surface area contributed by atoms with Crippen LogP contribution in [0.4, 0.5) is 5.00 Å². The first kappa shape index (κ1) is 18.4. The van der Waals surface area contributed by atoms with Gasteiger partial charge in [-0.2, -0.15) is 0 Å². The minimum atomic E-state index is -0.488. The van der Waals surface area contributed by atoms with E-state index in [1.54, 1.807) is 12.1 Å². The fourth-order valence-corrected chi connectivity index (χ4v) is 3.23. The topological polar surface area (TPSA) is 92.6 Å². The van der Waals surface area contributed by atoms with Gasteiger partial charge in [0.15, 0.2) is 15.5 Å². The average Bonchev–Trinajstić information content (AvgIpc) is 3.18. The number of hydrazine groups is 1. The summed E-state index contributed by atoms with van der Waals surface area (Å²) in [4.78, 5) is 24.6. The zero-order valence-corrected chi connectivity index (χ0v) is 16.0. The third-order valence-corrected chi connectivity index (χ3v) is 4.68. The van der Waals surface area contributed by atoms with Crippen molar-refractivity contribution in [1.29, 1.82) is 0 Å². The van der Waals surface area contributed by atoms with Gasteiger partial charge in [0, 0.05) is 4.88 Å². The predicted octanol–water partition coefficient (Wildman–Crippen LogP) is 3.08. The Morgan fingerprint density at radius 2 is 2.12 bits per heavy atom. The van der Waals surface area contributed by atoms with Crippen LogP contribution in [0.1, 0.15) is 32.7 Å². The number of methoxy groups -OCH3 is 1. The SMILES string of the molecule is CCc1cc(C(=O)OC)c(NC(=S)NNC(=O)c2ccc(Br)o2)s1. The Kier molecular flexibility index (Phi) is 6.35. The number of furan rings is 1. The summed E-state index contributed by atoms with van der Waals surface area (Å²) in [5.74, 6) is -0.823. The molecular weight excluding hydrogens is 418 g/mol. The lowest BCUT2D eigenvalue weighted by atomic mass is 10.2. The fraction of sp³-hybridized carbons (Fsp3) is 0.214. The van der Waals surface area contributed by atoms with Crippen molar-refractivity contribution in [2.75, 3.05) is 12.4 Å². The highest BCUT2D eigenvalue weighted by Crippen LogP contribution is 2.29. The standard InChI is InChI=1S/C14H14BrN3O4S2/c1-3-7-6-8(13(20)21-2)12(24-7)16-14(23)18-17-11(19)9-4-5-10(15)22-9/h4-6H,3H2,1-2H3,(H,17,19)(H2,16,18,23). The van der Waals surface area contributed by atoms with Gasteiger partial charge in [0.2, 0.25) is 0 Å². The first-order chi connectivity index (χ1) is 11.4. The zero-order chi connectivity index (χ0) is 17.7. The van der Waals surface area contributed by atoms with Gasteiger partial charge in [-0.1, -0.05) is 6.92 Å². The number of hydrogen-bond acceptors (Lipinski definition) is 6. The Balaban J connectivity index is 1.98. The molecule has 3 N–H and O–H groups in total. The fourth-order valence-electron chi connectivity index (χ4n) is 1.72. The van der Waals surface area contributed by atoms with Gasteiger partial charge in [-0.3, -0.25) is 15.6 Å². The first-order valence-corrected chi connectivity index (χ1v) is 8.80. The summed E-state index contributed by atoms with van der Waals surface area (Å²) in [5, 5.41) is 3.55. The quantitative estimate of drug-likeness (QED) is 0.389. The molecule has 2 aromatic rings. The van der Waals surface area contributed by atoms with Gasteiger partial charge in [-0.15, -0.1) is 11.3 Å². The maximum Gasteiger partial charge on any atom is 0.340 e. The highest BCUT2D eigenvalue weighted by molar-refractivity contribution is 9.10. The maximum atomic E-state index is 11.8. The van der Waals surface area contributed by atoms with Crippen molar-refractivity contribution < 1.29 is 18.7 Å². The maximum absolute atomic E-state index is 11.8. The monoisotopic (exact) mass is 431 g/mol. The molecule has 0 spiro atoms. The highest BCUT2D eigenvalue weighted by Gasteiger charge is 2.17. The van der Waals surface area contributed by atoms with Crippen LogP contribution >= 0.6 is 39.5 Å². The number of esters is 1. The summed E-state index contributed by atoms with van der Waals surface area (Å²) >= 11 is 9.62. The number of thiocarbonyl (C=S) groups is 1. The van der Waals surface area contributed by atoms with Crippen molar-refractivity contribution in [3.8, 4) is 0 Å². The van der Waals surface area contributed by atoms with Crippen molar-refractivity contribution in [2.45, 2.75) is 13.3 Å².